The molecule has 1 N–H and O–H groups in total. The van der Waals surface area contributed by atoms with E-state index >= 15 is 0 Å². The molecule has 0 heterocycles. The van der Waals surface area contributed by atoms with E-state index in [9.17, 15) is 12.8 Å². The van der Waals surface area contributed by atoms with Crippen LogP contribution < -0.4 is 4.72 Å². The van der Waals surface area contributed by atoms with Crippen molar-refractivity contribution in [1.82, 2.24) is 4.72 Å². The summed E-state index contributed by atoms with van der Waals surface area (Å²) in [4.78, 5) is 0. The van der Waals surface area contributed by atoms with E-state index in [2.05, 4.69) is 4.72 Å². The molecule has 2 atom stereocenters. The van der Waals surface area contributed by atoms with Crippen molar-refractivity contribution in [2.45, 2.75) is 57.2 Å². The molecule has 1 saturated carbocycles. The molecular weight excluding hydrogens is 349 g/mol. The number of hydrogen-bond donors (Lipinski definition) is 1. The molecule has 140 valence electrons. The van der Waals surface area contributed by atoms with Crippen LogP contribution in [0.15, 0.2) is 42.5 Å². The van der Waals surface area contributed by atoms with Crippen LogP contribution in [0.25, 0.3) is 11.1 Å². The molecule has 0 aliphatic heterocycles. The molecule has 2 aromatic carbocycles. The van der Waals surface area contributed by atoms with E-state index in [0.717, 1.165) is 36.0 Å². The third kappa shape index (κ3) is 3.99. The zero-order valence-corrected chi connectivity index (χ0v) is 16.3. The van der Waals surface area contributed by atoms with Crippen LogP contribution in [0.5, 0.6) is 0 Å². The van der Waals surface area contributed by atoms with Crippen molar-refractivity contribution >= 4 is 10.0 Å². The van der Waals surface area contributed by atoms with Gasteiger partial charge in [-0.25, -0.2) is 17.5 Å². The molecule has 1 unspecified atom stereocenters. The molecule has 0 aromatic heterocycles. The first-order valence-electron chi connectivity index (χ1n) is 9.15. The summed E-state index contributed by atoms with van der Waals surface area (Å²) in [5, 5.41) is -0.435. The van der Waals surface area contributed by atoms with Gasteiger partial charge in [0, 0.05) is 17.5 Å². The average molecular weight is 376 g/mol. The Morgan fingerprint density at radius 2 is 1.77 bits per heavy atom. The van der Waals surface area contributed by atoms with Crippen LogP contribution in [0.2, 0.25) is 0 Å². The molecule has 2 aromatic rings. The van der Waals surface area contributed by atoms with Gasteiger partial charge in [-0.05, 0) is 56.4 Å². The highest BCUT2D eigenvalue weighted by Gasteiger charge is 2.32. The van der Waals surface area contributed by atoms with Gasteiger partial charge in [-0.1, -0.05) is 42.8 Å². The van der Waals surface area contributed by atoms with Crippen molar-refractivity contribution < 1.29 is 12.8 Å². The highest BCUT2D eigenvalue weighted by molar-refractivity contribution is 7.90. The minimum absolute atomic E-state index is 0.0654. The maximum absolute atomic E-state index is 14.2. The van der Waals surface area contributed by atoms with Crippen LogP contribution in [0, 0.1) is 12.7 Å². The number of nitrogens with one attached hydrogen (secondary N) is 1. The predicted octanol–water partition coefficient (Wildman–Crippen LogP) is 4.77. The fourth-order valence-electron chi connectivity index (χ4n) is 3.61. The van der Waals surface area contributed by atoms with Crippen molar-refractivity contribution in [3.8, 4) is 11.1 Å². The molecule has 0 amide bonds. The molecular formula is C21H26FNO2S. The Kier molecular flexibility index (Phi) is 5.49. The maximum atomic E-state index is 14.2. The van der Waals surface area contributed by atoms with E-state index in [4.69, 9.17) is 0 Å². The predicted molar refractivity (Wildman–Crippen MR) is 104 cm³/mol. The molecule has 1 aliphatic carbocycles. The van der Waals surface area contributed by atoms with Gasteiger partial charge in [-0.2, -0.15) is 0 Å². The highest BCUT2D eigenvalue weighted by Crippen LogP contribution is 2.36. The van der Waals surface area contributed by atoms with Crippen LogP contribution in [0.1, 0.15) is 50.2 Å². The summed E-state index contributed by atoms with van der Waals surface area (Å²) in [6.07, 6.45) is 2.82. The summed E-state index contributed by atoms with van der Waals surface area (Å²) in [5.41, 5.74) is 3.43. The number of rotatable bonds is 5. The molecule has 26 heavy (non-hydrogen) atoms. The van der Waals surface area contributed by atoms with Gasteiger partial charge >= 0.3 is 0 Å². The Morgan fingerprint density at radius 1 is 1.08 bits per heavy atom. The molecule has 0 spiro atoms. The van der Waals surface area contributed by atoms with Gasteiger partial charge in [0.1, 0.15) is 5.82 Å². The normalized spacial score (nSPS) is 20.7. The number of hydrogen-bond acceptors (Lipinski definition) is 2. The summed E-state index contributed by atoms with van der Waals surface area (Å²) in [6.45, 7) is 5.25. The lowest BCUT2D eigenvalue weighted by molar-refractivity contribution is 0.519. The second kappa shape index (κ2) is 7.49. The van der Waals surface area contributed by atoms with Crippen LogP contribution in [0.3, 0.4) is 0 Å². The van der Waals surface area contributed by atoms with E-state index in [1.807, 2.05) is 37.3 Å². The van der Waals surface area contributed by atoms with Crippen molar-refractivity contribution in [2.24, 2.45) is 0 Å². The second-order valence-corrected chi connectivity index (χ2v) is 9.73. The monoisotopic (exact) mass is 375 g/mol. The average Bonchev–Trinajstić information content (AvgIpc) is 3.02. The van der Waals surface area contributed by atoms with Gasteiger partial charge in [0.2, 0.25) is 10.0 Å². The second-order valence-electron chi connectivity index (χ2n) is 7.46. The molecule has 3 nitrogen and oxygen atoms in total. The molecule has 1 fully saturated rings. The zero-order chi connectivity index (χ0) is 18.9. The third-order valence-corrected chi connectivity index (χ3v) is 7.10. The summed E-state index contributed by atoms with van der Waals surface area (Å²) in [6, 6.07) is 13.0. The Balaban J connectivity index is 1.81. The minimum Gasteiger partial charge on any atom is -0.212 e. The first kappa shape index (κ1) is 19.1. The minimum atomic E-state index is -3.28. The first-order valence-corrected chi connectivity index (χ1v) is 10.7. The van der Waals surface area contributed by atoms with Gasteiger partial charge < -0.3 is 0 Å². The molecule has 0 saturated heterocycles. The van der Waals surface area contributed by atoms with E-state index in [0.29, 0.717) is 5.56 Å². The summed E-state index contributed by atoms with van der Waals surface area (Å²) >= 11 is 0. The number of aryl methyl sites for hydroxylation is 1. The highest BCUT2D eigenvalue weighted by atomic mass is 32.2. The van der Waals surface area contributed by atoms with Crippen molar-refractivity contribution in [3.05, 3.63) is 59.4 Å². The van der Waals surface area contributed by atoms with Gasteiger partial charge in [-0.15, -0.1) is 0 Å². The van der Waals surface area contributed by atoms with Crippen LogP contribution in [-0.4, -0.2) is 19.7 Å². The summed E-state index contributed by atoms with van der Waals surface area (Å²) in [5.74, 6) is -0.0540. The lowest BCUT2D eigenvalue weighted by Crippen LogP contribution is -2.40. The van der Waals surface area contributed by atoms with Gasteiger partial charge in [0.05, 0.1) is 5.25 Å². The van der Waals surface area contributed by atoms with Crippen molar-refractivity contribution in [2.75, 3.05) is 0 Å². The fourth-order valence-corrected chi connectivity index (χ4v) is 4.59. The van der Waals surface area contributed by atoms with Crippen molar-refractivity contribution in [3.63, 3.8) is 0 Å². The smallest absolute Gasteiger partial charge is 0.212 e. The fraction of sp³-hybridized carbons (Fsp3) is 0.429. The molecule has 0 bridgehead atoms. The van der Waals surface area contributed by atoms with E-state index in [1.54, 1.807) is 19.9 Å². The van der Waals surface area contributed by atoms with E-state index in [1.165, 1.54) is 6.07 Å². The SMILES string of the molecule is Cc1ccc(-c2ccc(C3CCC[C@@H]3NS(=O)(=O)C(C)C)cc2)c(F)c1. The Morgan fingerprint density at radius 3 is 2.38 bits per heavy atom. The number of benzene rings is 2. The number of sulfonamides is 1. The van der Waals surface area contributed by atoms with Gasteiger partial charge in [-0.3, -0.25) is 0 Å². The summed E-state index contributed by atoms with van der Waals surface area (Å²) in [7, 11) is -3.28. The molecule has 3 rings (SSSR count). The lowest BCUT2D eigenvalue weighted by atomic mass is 9.92. The van der Waals surface area contributed by atoms with E-state index in [-0.39, 0.29) is 17.8 Å². The largest absolute Gasteiger partial charge is 0.214 e. The first-order chi connectivity index (χ1) is 12.3. The van der Waals surface area contributed by atoms with Gasteiger partial charge in [0.25, 0.3) is 0 Å². The topological polar surface area (TPSA) is 46.2 Å². The van der Waals surface area contributed by atoms with Crippen LogP contribution in [-0.2, 0) is 10.0 Å². The maximum Gasteiger partial charge on any atom is 0.214 e. The third-order valence-electron chi connectivity index (χ3n) is 5.23. The molecule has 1 aliphatic rings. The standard InChI is InChI=1S/C21H26FNO2S/c1-14(2)26(24,25)23-21-6-4-5-19(21)17-10-8-16(9-11-17)18-12-7-15(3)13-20(18)22/h7-14,19,21,23H,4-6H2,1-3H3/t19?,21-/m0/s1. The van der Waals surface area contributed by atoms with E-state index < -0.39 is 15.3 Å². The van der Waals surface area contributed by atoms with Gasteiger partial charge in [0.15, 0.2) is 0 Å². The Labute approximate surface area is 155 Å². The molecule has 0 radical (unpaired) electrons. The zero-order valence-electron chi connectivity index (χ0n) is 15.5. The Hall–Kier alpha value is -1.72. The quantitative estimate of drug-likeness (QED) is 0.818. The van der Waals surface area contributed by atoms with Crippen molar-refractivity contribution in [1.29, 1.82) is 0 Å². The molecule has 5 heteroatoms. The van der Waals surface area contributed by atoms with Crippen LogP contribution >= 0.6 is 0 Å². The number of halogens is 1. The van der Waals surface area contributed by atoms with Crippen LogP contribution in [0.4, 0.5) is 4.39 Å². The summed E-state index contributed by atoms with van der Waals surface area (Å²) < 4.78 is 41.5. The lowest BCUT2D eigenvalue weighted by Gasteiger charge is -2.23. The Bertz CT molecular complexity index is 875.